The van der Waals surface area contributed by atoms with Gasteiger partial charge in [0.1, 0.15) is 6.61 Å². The number of aliphatic hydroxyl groups excluding tert-OH is 1. The molecular formula is C20H30N2O3. The van der Waals surface area contributed by atoms with Crippen LogP contribution in [0.2, 0.25) is 0 Å². The van der Waals surface area contributed by atoms with Crippen LogP contribution in [0.3, 0.4) is 0 Å². The number of carbonyl (C=O) groups excluding carboxylic acids is 1. The van der Waals surface area contributed by atoms with Crippen molar-refractivity contribution in [3.63, 3.8) is 0 Å². The van der Waals surface area contributed by atoms with Crippen LogP contribution in [0.1, 0.15) is 45.4 Å². The minimum absolute atomic E-state index is 0.0947. The maximum Gasteiger partial charge on any atom is 0.250 e. The van der Waals surface area contributed by atoms with E-state index in [-0.39, 0.29) is 24.7 Å². The molecule has 0 aromatic heterocycles. The number of nitrogens with one attached hydrogen (secondary N) is 1. The van der Waals surface area contributed by atoms with Crippen LogP contribution in [-0.2, 0) is 9.53 Å². The van der Waals surface area contributed by atoms with E-state index in [1.807, 2.05) is 24.3 Å². The van der Waals surface area contributed by atoms with E-state index in [2.05, 4.69) is 17.1 Å². The fraction of sp³-hybridized carbons (Fsp3) is 0.650. The van der Waals surface area contributed by atoms with Crippen LogP contribution < -0.4 is 10.2 Å². The number of piperidine rings is 1. The number of anilines is 2. The minimum atomic E-state index is -0.204. The first kappa shape index (κ1) is 18.2. The van der Waals surface area contributed by atoms with E-state index in [1.54, 1.807) is 0 Å². The molecule has 0 bridgehead atoms. The van der Waals surface area contributed by atoms with Gasteiger partial charge in [-0.15, -0.1) is 0 Å². The van der Waals surface area contributed by atoms with Crippen LogP contribution in [0, 0.1) is 5.92 Å². The summed E-state index contributed by atoms with van der Waals surface area (Å²) in [5, 5.41) is 12.7. The average molecular weight is 346 g/mol. The second-order valence-electron chi connectivity index (χ2n) is 7.49. The van der Waals surface area contributed by atoms with Crippen molar-refractivity contribution in [1.29, 1.82) is 0 Å². The summed E-state index contributed by atoms with van der Waals surface area (Å²) in [6, 6.07) is 7.87. The van der Waals surface area contributed by atoms with Gasteiger partial charge in [-0.2, -0.15) is 0 Å². The highest BCUT2D eigenvalue weighted by molar-refractivity contribution is 5.95. The van der Waals surface area contributed by atoms with Gasteiger partial charge in [-0.3, -0.25) is 4.79 Å². The molecule has 1 aliphatic carbocycles. The number of amides is 1. The number of para-hydroxylation sites is 2. The molecule has 1 aliphatic heterocycles. The minimum Gasteiger partial charge on any atom is -0.393 e. The van der Waals surface area contributed by atoms with E-state index >= 15 is 0 Å². The molecule has 2 N–H and O–H groups in total. The molecule has 25 heavy (non-hydrogen) atoms. The van der Waals surface area contributed by atoms with E-state index in [0.717, 1.165) is 50.1 Å². The van der Waals surface area contributed by atoms with Crippen molar-refractivity contribution in [3.05, 3.63) is 24.3 Å². The van der Waals surface area contributed by atoms with Gasteiger partial charge in [-0.1, -0.05) is 31.9 Å². The Hall–Kier alpha value is -1.59. The summed E-state index contributed by atoms with van der Waals surface area (Å²) < 4.78 is 5.83. The fourth-order valence-corrected chi connectivity index (χ4v) is 3.87. The zero-order chi connectivity index (χ0) is 17.6. The molecule has 2 fully saturated rings. The fourth-order valence-electron chi connectivity index (χ4n) is 3.87. The quantitative estimate of drug-likeness (QED) is 0.860. The van der Waals surface area contributed by atoms with Crippen LogP contribution in [-0.4, -0.2) is 42.9 Å². The van der Waals surface area contributed by atoms with Gasteiger partial charge in [0.15, 0.2) is 0 Å². The molecule has 138 valence electrons. The Bertz CT molecular complexity index is 570. The largest absolute Gasteiger partial charge is 0.393 e. The molecule has 1 heterocycles. The lowest BCUT2D eigenvalue weighted by atomic mass is 9.89. The molecule has 0 radical (unpaired) electrons. The first-order valence-electron chi connectivity index (χ1n) is 9.55. The summed E-state index contributed by atoms with van der Waals surface area (Å²) in [6.07, 6.45) is 6.12. The molecule has 2 unspecified atom stereocenters. The Kier molecular flexibility index (Phi) is 6.32. The predicted molar refractivity (Wildman–Crippen MR) is 99.9 cm³/mol. The number of aliphatic hydroxyl groups is 1. The van der Waals surface area contributed by atoms with Gasteiger partial charge in [0.2, 0.25) is 5.91 Å². The normalized spacial score (nSPS) is 25.0. The lowest BCUT2D eigenvalue weighted by molar-refractivity contribution is -0.123. The van der Waals surface area contributed by atoms with Crippen molar-refractivity contribution >= 4 is 17.3 Å². The molecule has 5 heteroatoms. The van der Waals surface area contributed by atoms with E-state index in [4.69, 9.17) is 4.74 Å². The Morgan fingerprint density at radius 1 is 1.24 bits per heavy atom. The lowest BCUT2D eigenvalue weighted by Crippen LogP contribution is -2.36. The van der Waals surface area contributed by atoms with Gasteiger partial charge in [0.25, 0.3) is 0 Å². The highest BCUT2D eigenvalue weighted by Crippen LogP contribution is 2.29. The van der Waals surface area contributed by atoms with Crippen molar-refractivity contribution in [2.75, 3.05) is 29.9 Å². The zero-order valence-corrected chi connectivity index (χ0v) is 15.1. The van der Waals surface area contributed by atoms with E-state index in [0.29, 0.717) is 5.92 Å². The summed E-state index contributed by atoms with van der Waals surface area (Å²) >= 11 is 0. The molecule has 1 amide bonds. The summed E-state index contributed by atoms with van der Waals surface area (Å²) in [5.41, 5.74) is 1.85. The second-order valence-corrected chi connectivity index (χ2v) is 7.49. The number of carbonyl (C=O) groups is 1. The number of ether oxygens (including phenoxy) is 1. The van der Waals surface area contributed by atoms with Gasteiger partial charge in [0, 0.05) is 13.1 Å². The summed E-state index contributed by atoms with van der Waals surface area (Å²) in [5.74, 6) is 0.597. The van der Waals surface area contributed by atoms with Crippen molar-refractivity contribution in [2.45, 2.75) is 57.7 Å². The van der Waals surface area contributed by atoms with Crippen molar-refractivity contribution < 1.29 is 14.6 Å². The maximum absolute atomic E-state index is 12.3. The van der Waals surface area contributed by atoms with Gasteiger partial charge in [-0.25, -0.2) is 0 Å². The third-order valence-electron chi connectivity index (χ3n) is 5.32. The predicted octanol–water partition coefficient (Wildman–Crippen LogP) is 3.18. The van der Waals surface area contributed by atoms with Gasteiger partial charge < -0.3 is 20.1 Å². The Morgan fingerprint density at radius 3 is 2.76 bits per heavy atom. The summed E-state index contributed by atoms with van der Waals surface area (Å²) in [7, 11) is 0. The van der Waals surface area contributed by atoms with Crippen molar-refractivity contribution in [1.82, 2.24) is 0 Å². The number of benzene rings is 1. The zero-order valence-electron chi connectivity index (χ0n) is 15.1. The number of rotatable bonds is 5. The third kappa shape index (κ3) is 5.19. The monoisotopic (exact) mass is 346 g/mol. The van der Waals surface area contributed by atoms with Crippen LogP contribution in [0.25, 0.3) is 0 Å². The SMILES string of the molecule is CC1CCCC(OCC(=O)Nc2ccccc2N2CCC(O)CC2)C1. The number of hydrogen-bond donors (Lipinski definition) is 2. The van der Waals surface area contributed by atoms with Gasteiger partial charge >= 0.3 is 0 Å². The van der Waals surface area contributed by atoms with Gasteiger partial charge in [-0.05, 0) is 43.7 Å². The van der Waals surface area contributed by atoms with Crippen LogP contribution >= 0.6 is 0 Å². The molecule has 1 aromatic rings. The van der Waals surface area contributed by atoms with Crippen LogP contribution in [0.5, 0.6) is 0 Å². The average Bonchev–Trinajstić information content (AvgIpc) is 2.61. The first-order chi connectivity index (χ1) is 12.1. The lowest BCUT2D eigenvalue weighted by Gasteiger charge is -2.32. The Labute approximate surface area is 150 Å². The molecule has 1 aromatic carbocycles. The number of nitrogens with zero attached hydrogens (tertiary/aromatic N) is 1. The van der Waals surface area contributed by atoms with Crippen molar-refractivity contribution in [2.24, 2.45) is 5.92 Å². The Morgan fingerprint density at radius 2 is 2.00 bits per heavy atom. The summed E-state index contributed by atoms with van der Waals surface area (Å²) in [6.45, 7) is 3.99. The summed E-state index contributed by atoms with van der Waals surface area (Å²) in [4.78, 5) is 14.6. The second kappa shape index (κ2) is 8.68. The van der Waals surface area contributed by atoms with Gasteiger partial charge in [0.05, 0.1) is 23.6 Å². The molecule has 2 atom stereocenters. The molecule has 0 spiro atoms. The molecule has 3 rings (SSSR count). The van der Waals surface area contributed by atoms with E-state index < -0.39 is 0 Å². The highest BCUT2D eigenvalue weighted by Gasteiger charge is 2.22. The smallest absolute Gasteiger partial charge is 0.250 e. The van der Waals surface area contributed by atoms with E-state index in [9.17, 15) is 9.90 Å². The maximum atomic E-state index is 12.3. The molecule has 2 aliphatic rings. The molecular weight excluding hydrogens is 316 g/mol. The topological polar surface area (TPSA) is 61.8 Å². The molecule has 1 saturated heterocycles. The van der Waals surface area contributed by atoms with Crippen LogP contribution in [0.15, 0.2) is 24.3 Å². The first-order valence-corrected chi connectivity index (χ1v) is 9.55. The standard InChI is InChI=1S/C20H30N2O3/c1-15-5-4-6-17(13-15)25-14-20(24)21-18-7-2-3-8-19(18)22-11-9-16(23)10-12-22/h2-3,7-8,15-17,23H,4-6,9-14H2,1H3,(H,21,24). The molecule has 5 nitrogen and oxygen atoms in total. The molecule has 1 saturated carbocycles. The number of hydrogen-bond acceptors (Lipinski definition) is 4. The van der Waals surface area contributed by atoms with Crippen LogP contribution in [0.4, 0.5) is 11.4 Å². The Balaban J connectivity index is 1.54. The highest BCUT2D eigenvalue weighted by atomic mass is 16.5. The van der Waals surface area contributed by atoms with E-state index in [1.165, 1.54) is 12.8 Å². The van der Waals surface area contributed by atoms with Crippen molar-refractivity contribution in [3.8, 4) is 0 Å². The third-order valence-corrected chi connectivity index (χ3v) is 5.32.